The highest BCUT2D eigenvalue weighted by atomic mass is 16.2. The molecule has 6 nitrogen and oxygen atoms in total. The average molecular weight is 396 g/mol. The van der Waals surface area contributed by atoms with Crippen molar-refractivity contribution < 1.29 is 14.4 Å². The maximum absolute atomic E-state index is 12.6. The van der Waals surface area contributed by atoms with E-state index in [1.54, 1.807) is 11.8 Å². The maximum Gasteiger partial charge on any atom is 0.226 e. The Kier molecular flexibility index (Phi) is 7.95. The molecule has 0 aromatic heterocycles. The minimum Gasteiger partial charge on any atom is -0.349 e. The zero-order valence-electron chi connectivity index (χ0n) is 17.5. The molecule has 2 aromatic carbocycles. The van der Waals surface area contributed by atoms with Gasteiger partial charge in [-0.2, -0.15) is 0 Å². The maximum atomic E-state index is 12.6. The van der Waals surface area contributed by atoms with E-state index < -0.39 is 6.04 Å². The Bertz CT molecular complexity index is 862. The van der Waals surface area contributed by atoms with Gasteiger partial charge in [0.25, 0.3) is 0 Å². The Morgan fingerprint density at radius 2 is 1.72 bits per heavy atom. The second kappa shape index (κ2) is 10.4. The van der Waals surface area contributed by atoms with Crippen molar-refractivity contribution in [2.45, 2.75) is 46.7 Å². The highest BCUT2D eigenvalue weighted by Gasteiger charge is 2.17. The van der Waals surface area contributed by atoms with Crippen LogP contribution in [0.15, 0.2) is 48.5 Å². The molecule has 0 aliphatic heterocycles. The van der Waals surface area contributed by atoms with Gasteiger partial charge >= 0.3 is 0 Å². The number of anilines is 1. The molecule has 0 spiro atoms. The molecule has 2 aromatic rings. The first-order valence-electron chi connectivity index (χ1n) is 9.76. The zero-order chi connectivity index (χ0) is 21.4. The van der Waals surface area contributed by atoms with Crippen LogP contribution in [0.2, 0.25) is 0 Å². The molecule has 29 heavy (non-hydrogen) atoms. The van der Waals surface area contributed by atoms with Crippen LogP contribution in [0, 0.1) is 6.92 Å². The van der Waals surface area contributed by atoms with Gasteiger partial charge in [0.15, 0.2) is 0 Å². The topological polar surface area (TPSA) is 78.5 Å². The van der Waals surface area contributed by atoms with Crippen LogP contribution in [0.1, 0.15) is 49.9 Å². The van der Waals surface area contributed by atoms with Gasteiger partial charge in [-0.05, 0) is 37.1 Å². The minimum atomic E-state index is -0.399. The summed E-state index contributed by atoms with van der Waals surface area (Å²) >= 11 is 0. The number of aryl methyl sites for hydroxylation is 1. The third-order valence-corrected chi connectivity index (χ3v) is 4.66. The molecule has 1 unspecified atom stereocenters. The molecule has 2 rings (SSSR count). The number of nitrogens with zero attached hydrogens (tertiary/aromatic N) is 1. The van der Waals surface area contributed by atoms with Gasteiger partial charge in [-0.15, -0.1) is 0 Å². The molecule has 6 heteroatoms. The molecular weight excluding hydrogens is 366 g/mol. The second-order valence-corrected chi connectivity index (χ2v) is 7.15. The Hall–Kier alpha value is -3.15. The fourth-order valence-electron chi connectivity index (χ4n) is 3.11. The van der Waals surface area contributed by atoms with Gasteiger partial charge in [0.1, 0.15) is 0 Å². The minimum absolute atomic E-state index is 0.0122. The van der Waals surface area contributed by atoms with E-state index >= 15 is 0 Å². The van der Waals surface area contributed by atoms with E-state index in [2.05, 4.69) is 10.6 Å². The van der Waals surface area contributed by atoms with Crippen LogP contribution >= 0.6 is 0 Å². The summed E-state index contributed by atoms with van der Waals surface area (Å²) in [6.45, 7) is 8.02. The van der Waals surface area contributed by atoms with E-state index in [1.807, 2.05) is 62.4 Å². The first-order chi connectivity index (χ1) is 13.8. The summed E-state index contributed by atoms with van der Waals surface area (Å²) in [6.07, 6.45) is 0.126. The van der Waals surface area contributed by atoms with Crippen molar-refractivity contribution in [1.29, 1.82) is 0 Å². The third kappa shape index (κ3) is 7.07. The standard InChI is InChI=1S/C23H29N3O3/c1-5-26(18(4)28)15-19-7-6-8-21(13-19)25-23(29)14-22(24-17(3)27)20-11-9-16(2)10-12-20/h6-13,22H,5,14-15H2,1-4H3,(H,24,27)(H,25,29). The lowest BCUT2D eigenvalue weighted by molar-refractivity contribution is -0.129. The number of hydrogen-bond acceptors (Lipinski definition) is 3. The molecule has 154 valence electrons. The fourth-order valence-corrected chi connectivity index (χ4v) is 3.11. The van der Waals surface area contributed by atoms with Crippen molar-refractivity contribution >= 4 is 23.4 Å². The van der Waals surface area contributed by atoms with Crippen molar-refractivity contribution in [2.24, 2.45) is 0 Å². The average Bonchev–Trinajstić information content (AvgIpc) is 2.66. The molecule has 0 aliphatic carbocycles. The molecule has 2 N–H and O–H groups in total. The number of carbonyl (C=O) groups excluding carboxylic acids is 3. The molecule has 0 aliphatic rings. The smallest absolute Gasteiger partial charge is 0.226 e. The lowest BCUT2D eigenvalue weighted by Gasteiger charge is -2.20. The van der Waals surface area contributed by atoms with Crippen molar-refractivity contribution in [1.82, 2.24) is 10.2 Å². The molecule has 1 atom stereocenters. The Morgan fingerprint density at radius 1 is 1.03 bits per heavy atom. The van der Waals surface area contributed by atoms with Gasteiger partial charge in [-0.3, -0.25) is 14.4 Å². The van der Waals surface area contributed by atoms with Gasteiger partial charge in [0.05, 0.1) is 12.5 Å². The lowest BCUT2D eigenvalue weighted by atomic mass is 10.0. The monoisotopic (exact) mass is 395 g/mol. The summed E-state index contributed by atoms with van der Waals surface area (Å²) in [5, 5.41) is 5.74. The van der Waals surface area contributed by atoms with Crippen LogP contribution in [0.4, 0.5) is 5.69 Å². The van der Waals surface area contributed by atoms with Crippen LogP contribution in [-0.2, 0) is 20.9 Å². The van der Waals surface area contributed by atoms with E-state index in [1.165, 1.54) is 6.92 Å². The highest BCUT2D eigenvalue weighted by Crippen LogP contribution is 2.19. The number of carbonyl (C=O) groups is 3. The first kappa shape index (κ1) is 22.1. The van der Waals surface area contributed by atoms with Crippen LogP contribution < -0.4 is 10.6 Å². The van der Waals surface area contributed by atoms with Gasteiger partial charge in [-0.1, -0.05) is 42.0 Å². The number of hydrogen-bond donors (Lipinski definition) is 2. The summed E-state index contributed by atoms with van der Waals surface area (Å²) in [6, 6.07) is 14.8. The van der Waals surface area contributed by atoms with E-state index in [9.17, 15) is 14.4 Å². The van der Waals surface area contributed by atoms with Crippen molar-refractivity contribution in [3.05, 3.63) is 65.2 Å². The summed E-state index contributed by atoms with van der Waals surface area (Å²) < 4.78 is 0. The Labute approximate surface area is 172 Å². The quantitative estimate of drug-likeness (QED) is 0.717. The van der Waals surface area contributed by atoms with Crippen molar-refractivity contribution in [2.75, 3.05) is 11.9 Å². The SMILES string of the molecule is CCN(Cc1cccc(NC(=O)CC(NC(C)=O)c2ccc(C)cc2)c1)C(C)=O. The number of amides is 3. The normalized spacial score (nSPS) is 11.4. The summed E-state index contributed by atoms with van der Waals surface area (Å²) in [7, 11) is 0. The molecule has 0 saturated heterocycles. The van der Waals surface area contributed by atoms with Crippen LogP contribution in [0.5, 0.6) is 0 Å². The zero-order valence-corrected chi connectivity index (χ0v) is 17.5. The molecule has 0 bridgehead atoms. The number of benzene rings is 2. The Morgan fingerprint density at radius 3 is 2.31 bits per heavy atom. The molecule has 3 amide bonds. The Balaban J connectivity index is 2.07. The van der Waals surface area contributed by atoms with Gasteiger partial charge < -0.3 is 15.5 Å². The van der Waals surface area contributed by atoms with Crippen molar-refractivity contribution in [3.63, 3.8) is 0 Å². The van der Waals surface area contributed by atoms with Crippen LogP contribution in [0.3, 0.4) is 0 Å². The van der Waals surface area contributed by atoms with E-state index in [-0.39, 0.29) is 24.1 Å². The van der Waals surface area contributed by atoms with Gasteiger partial charge in [0.2, 0.25) is 17.7 Å². The van der Waals surface area contributed by atoms with Crippen LogP contribution in [-0.4, -0.2) is 29.2 Å². The largest absolute Gasteiger partial charge is 0.349 e. The first-order valence-corrected chi connectivity index (χ1v) is 9.76. The molecular formula is C23H29N3O3. The predicted octanol–water partition coefficient (Wildman–Crippen LogP) is 3.57. The summed E-state index contributed by atoms with van der Waals surface area (Å²) in [4.78, 5) is 37.6. The number of nitrogens with one attached hydrogen (secondary N) is 2. The van der Waals surface area contributed by atoms with E-state index in [0.717, 1.165) is 16.7 Å². The third-order valence-electron chi connectivity index (χ3n) is 4.66. The summed E-state index contributed by atoms with van der Waals surface area (Å²) in [5.74, 6) is -0.368. The molecule has 0 heterocycles. The van der Waals surface area contributed by atoms with E-state index in [0.29, 0.717) is 18.8 Å². The molecule has 0 radical (unpaired) electrons. The van der Waals surface area contributed by atoms with Crippen LogP contribution in [0.25, 0.3) is 0 Å². The van der Waals surface area contributed by atoms with E-state index in [4.69, 9.17) is 0 Å². The summed E-state index contributed by atoms with van der Waals surface area (Å²) in [5.41, 5.74) is 3.60. The fraction of sp³-hybridized carbons (Fsp3) is 0.348. The van der Waals surface area contributed by atoms with Gasteiger partial charge in [-0.25, -0.2) is 0 Å². The van der Waals surface area contributed by atoms with Gasteiger partial charge in [0, 0.05) is 32.6 Å². The molecule has 0 fully saturated rings. The second-order valence-electron chi connectivity index (χ2n) is 7.15. The highest BCUT2D eigenvalue weighted by molar-refractivity contribution is 5.91. The lowest BCUT2D eigenvalue weighted by Crippen LogP contribution is -2.30. The molecule has 0 saturated carbocycles. The van der Waals surface area contributed by atoms with Crippen molar-refractivity contribution in [3.8, 4) is 0 Å². The number of rotatable bonds is 8. The predicted molar refractivity (Wildman–Crippen MR) is 114 cm³/mol.